The molecule has 2 aliphatic rings. The van der Waals surface area contributed by atoms with Crippen molar-refractivity contribution in [3.8, 4) is 0 Å². The van der Waals surface area contributed by atoms with Crippen molar-refractivity contribution >= 4 is 11.6 Å². The lowest BCUT2D eigenvalue weighted by Gasteiger charge is -2.24. The minimum Gasteiger partial charge on any atom is -0.428 e. The molecular weight excluding hydrogens is 472 g/mol. The van der Waals surface area contributed by atoms with E-state index in [1.54, 1.807) is 0 Å². The minimum absolute atomic E-state index is 0.187. The number of nitrogen functional groups attached to an aromatic ring is 2. The predicted molar refractivity (Wildman–Crippen MR) is 111 cm³/mol. The van der Waals surface area contributed by atoms with Crippen LogP contribution in [0, 0.1) is 6.67 Å². The number of anilines is 2. The van der Waals surface area contributed by atoms with Crippen LogP contribution in [-0.2, 0) is 9.47 Å². The fraction of sp³-hybridized carbons (Fsp3) is 0.526. The molecule has 0 amide bonds. The zero-order valence-electron chi connectivity index (χ0n) is 18.1. The Morgan fingerprint density at radius 3 is 1.46 bits per heavy atom. The van der Waals surface area contributed by atoms with Crippen molar-refractivity contribution in [1.82, 2.24) is 9.13 Å². The molecule has 0 aromatic carbocycles. The fourth-order valence-electron chi connectivity index (χ4n) is 3.95. The lowest BCUT2D eigenvalue weighted by atomic mass is 10.1. The first-order valence-corrected chi connectivity index (χ1v) is 10.5. The maximum Gasteiger partial charge on any atom is 0.373 e. The van der Waals surface area contributed by atoms with Crippen LogP contribution in [-0.4, -0.2) is 89.6 Å². The predicted octanol–water partition coefficient (Wildman–Crippen LogP) is -6.63. The summed E-state index contributed by atoms with van der Waals surface area (Å²) in [7, 11) is 0. The number of ether oxygens (including phenoxy) is 2. The highest BCUT2D eigenvalue weighted by atomic mass is 16.6. The molecule has 4 rings (SSSR count). The molecule has 10 N–H and O–H groups in total. The van der Waals surface area contributed by atoms with E-state index in [1.807, 2.05) is 0 Å². The van der Waals surface area contributed by atoms with E-state index in [2.05, 4.69) is 6.67 Å². The Kier molecular flexibility index (Phi) is 6.80. The molecule has 2 aromatic rings. The number of rotatable bonds is 6. The van der Waals surface area contributed by atoms with E-state index in [4.69, 9.17) is 20.9 Å². The average Bonchev–Trinajstić information content (AvgIpc) is 3.28. The highest BCUT2D eigenvalue weighted by Gasteiger charge is 2.46. The van der Waals surface area contributed by atoms with Gasteiger partial charge in [-0.05, 0) is 12.3 Å². The average molecular weight is 498 g/mol. The molecule has 8 atom stereocenters. The second-order valence-corrected chi connectivity index (χ2v) is 8.09. The van der Waals surface area contributed by atoms with Crippen molar-refractivity contribution in [2.24, 2.45) is 0 Å². The summed E-state index contributed by atoms with van der Waals surface area (Å²) in [5, 5.41) is 59.1. The van der Waals surface area contributed by atoms with Crippen molar-refractivity contribution in [1.29, 1.82) is 0 Å². The third kappa shape index (κ3) is 4.15. The molecule has 0 bridgehead atoms. The van der Waals surface area contributed by atoms with Crippen LogP contribution in [0.4, 0.5) is 11.6 Å². The number of hydrogen-bond acceptors (Lipinski definition) is 12. The first-order valence-electron chi connectivity index (χ1n) is 10.5. The van der Waals surface area contributed by atoms with Crippen LogP contribution in [0.3, 0.4) is 0 Å². The van der Waals surface area contributed by atoms with Gasteiger partial charge in [-0.2, -0.15) is 0 Å². The maximum absolute atomic E-state index is 13.1. The van der Waals surface area contributed by atoms with E-state index in [0.29, 0.717) is 9.13 Å². The van der Waals surface area contributed by atoms with Crippen LogP contribution < -0.4 is 32.0 Å². The summed E-state index contributed by atoms with van der Waals surface area (Å²) in [5.74, 6) is -0.375. The summed E-state index contributed by atoms with van der Waals surface area (Å²) >= 11 is 0. The third-order valence-corrected chi connectivity index (χ3v) is 5.94. The Hall–Kier alpha value is -3.09. The lowest BCUT2D eigenvalue weighted by molar-refractivity contribution is -0.828. The van der Waals surface area contributed by atoms with E-state index in [-0.39, 0.29) is 11.6 Å². The number of aliphatic hydroxyl groups is 6. The molecule has 2 fully saturated rings. The fourth-order valence-corrected chi connectivity index (χ4v) is 3.95. The van der Waals surface area contributed by atoms with Crippen molar-refractivity contribution in [3.63, 3.8) is 0 Å². The first-order chi connectivity index (χ1) is 16.6. The van der Waals surface area contributed by atoms with Crippen molar-refractivity contribution in [2.75, 3.05) is 24.7 Å². The number of aromatic nitrogens is 4. The Labute approximate surface area is 196 Å². The Morgan fingerprint density at radius 1 is 0.771 bits per heavy atom. The lowest BCUT2D eigenvalue weighted by Crippen LogP contribution is -2.68. The molecule has 0 spiro atoms. The van der Waals surface area contributed by atoms with Crippen LogP contribution in [0.5, 0.6) is 0 Å². The quantitative estimate of drug-likeness (QED) is 0.173. The zero-order chi connectivity index (χ0) is 25.6. The first kappa shape index (κ1) is 25.0. The molecule has 16 nitrogen and oxygen atoms in total. The smallest absolute Gasteiger partial charge is 0.373 e. The molecule has 16 heteroatoms. The molecule has 35 heavy (non-hydrogen) atoms. The number of hydrogen-bond donors (Lipinski definition) is 8. The monoisotopic (exact) mass is 498 g/mol. The van der Waals surface area contributed by atoms with E-state index in [9.17, 15) is 40.2 Å². The minimum atomic E-state index is -1.56. The van der Waals surface area contributed by atoms with Gasteiger partial charge in [0, 0.05) is 0 Å². The Bertz CT molecular complexity index is 1110. The summed E-state index contributed by atoms with van der Waals surface area (Å²) in [6.45, 7) is 1.22. The molecule has 4 heterocycles. The highest BCUT2D eigenvalue weighted by Crippen LogP contribution is 2.29. The largest absolute Gasteiger partial charge is 0.428 e. The van der Waals surface area contributed by atoms with Crippen molar-refractivity contribution in [3.05, 3.63) is 52.2 Å². The summed E-state index contributed by atoms with van der Waals surface area (Å²) in [5.41, 5.74) is 9.92. The Morgan fingerprint density at radius 2 is 1.14 bits per heavy atom. The number of nitrogens with zero attached hydrogens (tertiary/aromatic N) is 4. The highest BCUT2D eigenvalue weighted by molar-refractivity contribution is 5.19. The maximum atomic E-state index is 13.1. The van der Waals surface area contributed by atoms with Gasteiger partial charge >= 0.3 is 5.69 Å². The van der Waals surface area contributed by atoms with E-state index in [1.165, 1.54) is 24.5 Å². The zero-order valence-corrected chi connectivity index (χ0v) is 18.1. The van der Waals surface area contributed by atoms with Crippen LogP contribution in [0.1, 0.15) is 12.5 Å². The van der Waals surface area contributed by atoms with Crippen LogP contribution in [0.2, 0.25) is 0 Å². The van der Waals surface area contributed by atoms with Gasteiger partial charge in [-0.3, -0.25) is 9.36 Å². The third-order valence-electron chi connectivity index (χ3n) is 5.94. The van der Waals surface area contributed by atoms with Gasteiger partial charge in [-0.15, -0.1) is 0 Å². The molecule has 0 saturated carbocycles. The summed E-state index contributed by atoms with van der Waals surface area (Å²) in [4.78, 5) is 26.3. The van der Waals surface area contributed by atoms with Gasteiger partial charge in [-0.25, -0.2) is 4.57 Å². The second kappa shape index (κ2) is 9.51. The standard InChI is InChI=1S/C19H26N6O10/c20-10-1-3-22(16-14(30)12(28)8(5-26)34-16)18(32)24(10)7-25-11(21)2-4-23(19(25)33)17-15(31)13(29)9(6-27)35-17/h1-4,8-9,12-17,26-31H,5-6,20-21H2/t8-,9-,12-,13-,14-,15-,16-,17-/m1/s1. The Balaban J connectivity index is 1.71. The van der Waals surface area contributed by atoms with E-state index in [0.717, 1.165) is 9.13 Å². The van der Waals surface area contributed by atoms with Crippen molar-refractivity contribution in [2.45, 2.75) is 49.1 Å². The van der Waals surface area contributed by atoms with E-state index < -0.39 is 73.7 Å². The normalized spacial score (nSPS) is 32.7. The number of nitrogens with two attached hydrogens (primary N) is 2. The molecule has 0 radical (unpaired) electrons. The number of aliphatic hydroxyl groups excluding tert-OH is 6. The SMILES string of the molecule is Nc1ccn([C@@H]2O[C@H](CO)[C@@H](O)[C@H]2O)c(=O)[n+]1[C-2][n+]1c(N)ccn([C@@H]2O[C@H](CO)[C@@H](O)[C@H]2O)c1=O. The second-order valence-electron chi connectivity index (χ2n) is 8.09. The van der Waals surface area contributed by atoms with Crippen LogP contribution in [0.25, 0.3) is 0 Å². The topological polar surface area (TPSA) is 244 Å². The van der Waals surface area contributed by atoms with Crippen molar-refractivity contribution < 1.29 is 49.2 Å². The van der Waals surface area contributed by atoms with Gasteiger partial charge in [0.2, 0.25) is 6.23 Å². The molecule has 2 aliphatic heterocycles. The van der Waals surface area contributed by atoms with Gasteiger partial charge < -0.3 is 65.5 Å². The molecular formula is C19H26N6O10. The van der Waals surface area contributed by atoms with Gasteiger partial charge in [0.05, 0.1) is 25.2 Å². The van der Waals surface area contributed by atoms with Gasteiger partial charge in [0.25, 0.3) is 5.69 Å². The summed E-state index contributed by atoms with van der Waals surface area (Å²) in [6.07, 6.45) is -8.68. The molecule has 0 aliphatic carbocycles. The molecule has 2 aromatic heterocycles. The van der Waals surface area contributed by atoms with Gasteiger partial charge in [0.15, 0.2) is 18.7 Å². The molecule has 2 saturated heterocycles. The van der Waals surface area contributed by atoms with E-state index >= 15 is 0 Å². The van der Waals surface area contributed by atoms with Crippen LogP contribution >= 0.6 is 0 Å². The van der Waals surface area contributed by atoms with Gasteiger partial charge in [-0.1, -0.05) is 6.07 Å². The van der Waals surface area contributed by atoms with Gasteiger partial charge in [0.1, 0.15) is 36.6 Å². The summed E-state index contributed by atoms with van der Waals surface area (Å²) in [6, 6.07) is 2.49. The molecule has 0 unspecified atom stereocenters. The summed E-state index contributed by atoms with van der Waals surface area (Å²) < 4.78 is 13.9. The van der Waals surface area contributed by atoms with Crippen LogP contribution in [0.15, 0.2) is 34.1 Å². The molecule has 192 valence electrons.